The minimum absolute atomic E-state index is 0.0799. The summed E-state index contributed by atoms with van der Waals surface area (Å²) < 4.78 is 38.1. The molecule has 1 rings (SSSR count). The summed E-state index contributed by atoms with van der Waals surface area (Å²) in [6, 6.07) is 3.63. The maximum Gasteiger partial charge on any atom is 0.416 e. The van der Waals surface area contributed by atoms with Gasteiger partial charge in [0.05, 0.1) is 18.1 Å². The third-order valence-corrected chi connectivity index (χ3v) is 2.54. The molecule has 7 heteroatoms. The van der Waals surface area contributed by atoms with Crippen LogP contribution in [0.25, 0.3) is 0 Å². The molecule has 0 amide bonds. The fraction of sp³-hybridized carbons (Fsp3) is 0.500. The molecule has 1 heterocycles. The van der Waals surface area contributed by atoms with Gasteiger partial charge >= 0.3 is 6.18 Å². The maximum atomic E-state index is 12.7. The van der Waals surface area contributed by atoms with Crippen LogP contribution in [0.3, 0.4) is 0 Å². The van der Waals surface area contributed by atoms with Crippen LogP contribution in [0, 0.1) is 11.3 Å². The first-order chi connectivity index (χ1) is 8.75. The van der Waals surface area contributed by atoms with Crippen molar-refractivity contribution in [2.45, 2.75) is 32.5 Å². The second-order valence-electron chi connectivity index (χ2n) is 4.33. The third kappa shape index (κ3) is 4.02. The molecule has 0 bridgehead atoms. The number of nitrogens with two attached hydrogens (primary N) is 1. The van der Waals surface area contributed by atoms with E-state index in [0.29, 0.717) is 6.54 Å². The Bertz CT molecular complexity index is 477. The second-order valence-corrected chi connectivity index (χ2v) is 4.33. The van der Waals surface area contributed by atoms with E-state index < -0.39 is 11.7 Å². The predicted molar refractivity (Wildman–Crippen MR) is 66.4 cm³/mol. The van der Waals surface area contributed by atoms with Gasteiger partial charge in [-0.1, -0.05) is 0 Å². The van der Waals surface area contributed by atoms with Gasteiger partial charge in [-0.3, -0.25) is 0 Å². The highest BCUT2D eigenvalue weighted by Crippen LogP contribution is 2.32. The first-order valence-electron chi connectivity index (χ1n) is 5.74. The summed E-state index contributed by atoms with van der Waals surface area (Å²) in [5.74, 6) is -0.0509. The lowest BCUT2D eigenvalue weighted by Gasteiger charge is -2.27. The van der Waals surface area contributed by atoms with E-state index in [2.05, 4.69) is 4.98 Å². The Labute approximate surface area is 109 Å². The molecule has 0 fully saturated rings. The molecule has 1 aromatic rings. The average Bonchev–Trinajstić information content (AvgIpc) is 2.27. The molecule has 19 heavy (non-hydrogen) atoms. The van der Waals surface area contributed by atoms with Gasteiger partial charge in [-0.25, -0.2) is 4.98 Å². The number of pyridine rings is 1. The number of nitriles is 1. The van der Waals surface area contributed by atoms with Crippen molar-refractivity contribution in [3.05, 3.63) is 17.7 Å². The van der Waals surface area contributed by atoms with E-state index in [-0.39, 0.29) is 24.1 Å². The van der Waals surface area contributed by atoms with Crippen LogP contribution in [0.1, 0.15) is 25.8 Å². The fourth-order valence-electron chi connectivity index (χ4n) is 1.66. The number of hydrogen-bond donors (Lipinski definition) is 1. The van der Waals surface area contributed by atoms with Gasteiger partial charge in [-0.15, -0.1) is 0 Å². The van der Waals surface area contributed by atoms with Gasteiger partial charge in [0, 0.05) is 12.6 Å². The molecule has 0 aromatic carbocycles. The van der Waals surface area contributed by atoms with Gasteiger partial charge < -0.3 is 10.6 Å². The predicted octanol–water partition coefficient (Wildman–Crippen LogP) is 2.81. The van der Waals surface area contributed by atoms with Gasteiger partial charge in [0.1, 0.15) is 11.6 Å². The van der Waals surface area contributed by atoms with Crippen molar-refractivity contribution in [1.82, 2.24) is 4.98 Å². The van der Waals surface area contributed by atoms with Gasteiger partial charge in [0.15, 0.2) is 0 Å². The summed E-state index contributed by atoms with van der Waals surface area (Å²) in [4.78, 5) is 5.54. The van der Waals surface area contributed by atoms with Crippen molar-refractivity contribution >= 4 is 11.6 Å². The fourth-order valence-corrected chi connectivity index (χ4v) is 1.66. The van der Waals surface area contributed by atoms with Crippen molar-refractivity contribution in [1.29, 1.82) is 5.26 Å². The summed E-state index contributed by atoms with van der Waals surface area (Å²) in [5.41, 5.74) is 4.58. The zero-order valence-electron chi connectivity index (χ0n) is 10.7. The van der Waals surface area contributed by atoms with Gasteiger partial charge in [-0.2, -0.15) is 18.4 Å². The number of rotatable bonds is 4. The maximum absolute atomic E-state index is 12.7. The number of alkyl halides is 3. The highest BCUT2D eigenvalue weighted by atomic mass is 19.4. The minimum atomic E-state index is -4.47. The van der Waals surface area contributed by atoms with Crippen LogP contribution in [0.4, 0.5) is 24.8 Å². The quantitative estimate of drug-likeness (QED) is 0.915. The van der Waals surface area contributed by atoms with E-state index in [1.54, 1.807) is 4.90 Å². The van der Waals surface area contributed by atoms with Crippen molar-refractivity contribution < 1.29 is 13.2 Å². The molecule has 1 aromatic heterocycles. The molecule has 0 saturated heterocycles. The summed E-state index contributed by atoms with van der Waals surface area (Å²) in [5, 5.41) is 8.58. The zero-order chi connectivity index (χ0) is 14.6. The topological polar surface area (TPSA) is 65.9 Å². The highest BCUT2D eigenvalue weighted by molar-refractivity contribution is 5.50. The van der Waals surface area contributed by atoms with Crippen LogP contribution in [0.5, 0.6) is 0 Å². The van der Waals surface area contributed by atoms with E-state index in [1.807, 2.05) is 19.9 Å². The Balaban J connectivity index is 3.17. The molecule has 0 atom stereocenters. The molecule has 0 unspecified atom stereocenters. The van der Waals surface area contributed by atoms with E-state index in [9.17, 15) is 13.2 Å². The SMILES string of the molecule is CC(C)N(CCC#N)c1cc(C(F)(F)F)cc(N)n1. The smallest absolute Gasteiger partial charge is 0.384 e. The molecule has 0 spiro atoms. The van der Waals surface area contributed by atoms with Crippen LogP contribution >= 0.6 is 0 Å². The molecule has 0 radical (unpaired) electrons. The van der Waals surface area contributed by atoms with Crippen LogP contribution in [0.2, 0.25) is 0 Å². The van der Waals surface area contributed by atoms with Crippen molar-refractivity contribution in [3.63, 3.8) is 0 Å². The Hall–Kier alpha value is -1.97. The number of nitrogens with zero attached hydrogens (tertiary/aromatic N) is 3. The Kier molecular flexibility index (Phi) is 4.59. The molecule has 0 aliphatic carbocycles. The van der Waals surface area contributed by atoms with Crippen LogP contribution < -0.4 is 10.6 Å². The minimum Gasteiger partial charge on any atom is -0.384 e. The first kappa shape index (κ1) is 15.1. The molecule has 104 valence electrons. The number of halogens is 3. The molecule has 0 aliphatic rings. The van der Waals surface area contributed by atoms with E-state index in [1.165, 1.54) is 0 Å². The third-order valence-electron chi connectivity index (χ3n) is 2.54. The molecular weight excluding hydrogens is 257 g/mol. The number of hydrogen-bond acceptors (Lipinski definition) is 4. The van der Waals surface area contributed by atoms with E-state index in [4.69, 9.17) is 11.0 Å². The lowest BCUT2D eigenvalue weighted by atomic mass is 10.2. The monoisotopic (exact) mass is 272 g/mol. The molecular formula is C12H15F3N4. The largest absolute Gasteiger partial charge is 0.416 e. The molecule has 4 nitrogen and oxygen atoms in total. The number of anilines is 2. The molecule has 0 saturated carbocycles. The highest BCUT2D eigenvalue weighted by Gasteiger charge is 2.32. The van der Waals surface area contributed by atoms with E-state index >= 15 is 0 Å². The first-order valence-corrected chi connectivity index (χ1v) is 5.74. The lowest BCUT2D eigenvalue weighted by molar-refractivity contribution is -0.137. The number of nitrogen functional groups attached to an aromatic ring is 1. The Morgan fingerprint density at radius 1 is 1.42 bits per heavy atom. The summed E-state index contributed by atoms with van der Waals surface area (Å²) in [6.45, 7) is 3.94. The average molecular weight is 272 g/mol. The summed E-state index contributed by atoms with van der Waals surface area (Å²) >= 11 is 0. The van der Waals surface area contributed by atoms with Gasteiger partial charge in [0.2, 0.25) is 0 Å². The van der Waals surface area contributed by atoms with Crippen LogP contribution in [0.15, 0.2) is 12.1 Å². The standard InChI is InChI=1S/C12H15F3N4/c1-8(2)19(5-3-4-16)11-7-9(12(13,14)15)6-10(17)18-11/h6-8H,3,5H2,1-2H3,(H2,17,18). The van der Waals surface area contributed by atoms with Crippen molar-refractivity contribution in [3.8, 4) is 6.07 Å². The second kappa shape index (κ2) is 5.78. The number of aromatic nitrogens is 1. The molecule has 0 aliphatic heterocycles. The Morgan fingerprint density at radius 2 is 2.05 bits per heavy atom. The van der Waals surface area contributed by atoms with Crippen molar-refractivity contribution in [2.75, 3.05) is 17.2 Å². The lowest BCUT2D eigenvalue weighted by Crippen LogP contribution is -2.32. The van der Waals surface area contributed by atoms with Crippen molar-refractivity contribution in [2.24, 2.45) is 0 Å². The van der Waals surface area contributed by atoms with Crippen LogP contribution in [-0.2, 0) is 6.18 Å². The molecule has 2 N–H and O–H groups in total. The van der Waals surface area contributed by atoms with Gasteiger partial charge in [-0.05, 0) is 26.0 Å². The Morgan fingerprint density at radius 3 is 2.53 bits per heavy atom. The van der Waals surface area contributed by atoms with E-state index in [0.717, 1.165) is 12.1 Å². The van der Waals surface area contributed by atoms with Gasteiger partial charge in [0.25, 0.3) is 0 Å². The summed E-state index contributed by atoms with van der Waals surface area (Å²) in [7, 11) is 0. The van der Waals surface area contributed by atoms with Crippen LogP contribution in [-0.4, -0.2) is 17.6 Å². The zero-order valence-corrected chi connectivity index (χ0v) is 10.7. The summed E-state index contributed by atoms with van der Waals surface area (Å²) in [6.07, 6.45) is -4.26. The normalized spacial score (nSPS) is 11.4.